The zero-order valence-electron chi connectivity index (χ0n) is 10.2. The summed E-state index contributed by atoms with van der Waals surface area (Å²) >= 11 is 0. The maximum Gasteiger partial charge on any atom is 0.305 e. The van der Waals surface area contributed by atoms with Gasteiger partial charge in [-0.1, -0.05) is 0 Å². The molecule has 96 valence electrons. The molecule has 3 N–H and O–H groups in total. The Labute approximate surface area is 114 Å². The predicted molar refractivity (Wildman–Crippen MR) is 76.0 cm³/mol. The van der Waals surface area contributed by atoms with Gasteiger partial charge in [0.05, 0.1) is 6.61 Å². The second-order valence-electron chi connectivity index (χ2n) is 3.47. The monoisotopic (exact) mass is 343 g/mol. The molecule has 0 amide bonds. The number of nitrogens with two attached hydrogens (primary N) is 1. The molecule has 16 heavy (non-hydrogen) atoms. The van der Waals surface area contributed by atoms with Gasteiger partial charge in [-0.05, 0) is 27.2 Å². The normalized spacial score (nSPS) is 10.9. The number of nitrogens with zero attached hydrogens (tertiary/aromatic N) is 1. The summed E-state index contributed by atoms with van der Waals surface area (Å²) in [6, 6.07) is 0.277. The van der Waals surface area contributed by atoms with E-state index in [2.05, 4.69) is 10.3 Å². The highest BCUT2D eigenvalue weighted by Gasteiger charge is 2.00. The largest absolute Gasteiger partial charge is 0.466 e. The zero-order chi connectivity index (χ0) is 11.7. The molecule has 0 aromatic rings. The first-order valence-corrected chi connectivity index (χ1v) is 5.28. The quantitative estimate of drug-likeness (QED) is 0.250. The summed E-state index contributed by atoms with van der Waals surface area (Å²) in [5.41, 5.74) is 5.57. The van der Waals surface area contributed by atoms with E-state index in [1.165, 1.54) is 0 Å². The molecular weight excluding hydrogens is 321 g/mol. The second kappa shape index (κ2) is 11.0. The Morgan fingerprint density at radius 1 is 1.50 bits per heavy atom. The van der Waals surface area contributed by atoms with Crippen molar-refractivity contribution in [3.05, 3.63) is 0 Å². The Morgan fingerprint density at radius 2 is 2.12 bits per heavy atom. The minimum atomic E-state index is -0.178. The Balaban J connectivity index is 0. The fraction of sp³-hybridized carbons (Fsp3) is 0.800. The molecule has 0 radical (unpaired) electrons. The summed E-state index contributed by atoms with van der Waals surface area (Å²) in [6.45, 7) is 6.74. The summed E-state index contributed by atoms with van der Waals surface area (Å²) in [4.78, 5) is 15.0. The van der Waals surface area contributed by atoms with E-state index in [4.69, 9.17) is 10.5 Å². The average molecular weight is 343 g/mol. The molecule has 0 unspecified atom stereocenters. The smallest absolute Gasteiger partial charge is 0.305 e. The molecule has 0 aromatic heterocycles. The topological polar surface area (TPSA) is 76.7 Å². The van der Waals surface area contributed by atoms with E-state index >= 15 is 0 Å². The zero-order valence-corrected chi connectivity index (χ0v) is 12.5. The second-order valence-corrected chi connectivity index (χ2v) is 3.47. The van der Waals surface area contributed by atoms with Gasteiger partial charge in [-0.2, -0.15) is 0 Å². The third-order valence-corrected chi connectivity index (χ3v) is 1.56. The molecule has 5 nitrogen and oxygen atoms in total. The highest BCUT2D eigenvalue weighted by Crippen LogP contribution is 1.93. The maximum atomic E-state index is 10.9. The van der Waals surface area contributed by atoms with E-state index in [1.807, 2.05) is 13.8 Å². The maximum absolute atomic E-state index is 10.9. The number of rotatable bonds is 6. The summed E-state index contributed by atoms with van der Waals surface area (Å²) in [6.07, 6.45) is 1.06. The van der Waals surface area contributed by atoms with Crippen LogP contribution >= 0.6 is 24.0 Å². The molecule has 0 fully saturated rings. The van der Waals surface area contributed by atoms with Crippen molar-refractivity contribution in [1.82, 2.24) is 5.32 Å². The average Bonchev–Trinajstić information content (AvgIpc) is 2.12. The van der Waals surface area contributed by atoms with Crippen LogP contribution in [0, 0.1) is 0 Å². The standard InChI is InChI=1S/C10H21N3O2.HI/c1-4-15-9(14)6-5-7-12-10(11)13-8(2)3;/h8H,4-7H2,1-3H3,(H3,11,12,13);1H. The van der Waals surface area contributed by atoms with Crippen LogP contribution in [0.2, 0.25) is 0 Å². The number of ether oxygens (including phenoxy) is 1. The van der Waals surface area contributed by atoms with E-state index in [-0.39, 0.29) is 36.0 Å². The number of nitrogens with one attached hydrogen (secondary N) is 1. The lowest BCUT2D eigenvalue weighted by atomic mass is 10.3. The van der Waals surface area contributed by atoms with Crippen molar-refractivity contribution in [1.29, 1.82) is 0 Å². The summed E-state index contributed by atoms with van der Waals surface area (Å²) in [5, 5.41) is 2.97. The number of aliphatic imine (C=N–C) groups is 1. The fourth-order valence-corrected chi connectivity index (χ4v) is 0.997. The van der Waals surface area contributed by atoms with Gasteiger partial charge < -0.3 is 15.8 Å². The van der Waals surface area contributed by atoms with Crippen molar-refractivity contribution < 1.29 is 9.53 Å². The Morgan fingerprint density at radius 3 is 2.62 bits per heavy atom. The van der Waals surface area contributed by atoms with Gasteiger partial charge in [0, 0.05) is 19.0 Å². The van der Waals surface area contributed by atoms with Crippen LogP contribution in [-0.2, 0) is 9.53 Å². The first-order chi connectivity index (χ1) is 7.06. The van der Waals surface area contributed by atoms with Crippen LogP contribution in [-0.4, -0.2) is 31.1 Å². The van der Waals surface area contributed by atoms with Crippen molar-refractivity contribution in [2.45, 2.75) is 39.7 Å². The van der Waals surface area contributed by atoms with Gasteiger partial charge in [0.2, 0.25) is 0 Å². The number of esters is 1. The van der Waals surface area contributed by atoms with Crippen molar-refractivity contribution in [3.8, 4) is 0 Å². The molecule has 6 heteroatoms. The number of halogens is 1. The molecule has 0 aliphatic heterocycles. The first kappa shape index (κ1) is 17.9. The van der Waals surface area contributed by atoms with Gasteiger partial charge >= 0.3 is 5.97 Å². The molecule has 0 aliphatic rings. The number of hydrogen-bond donors (Lipinski definition) is 2. The first-order valence-electron chi connectivity index (χ1n) is 5.28. The number of carbonyl (C=O) groups excluding carboxylic acids is 1. The molecule has 0 aromatic carbocycles. The Kier molecular flexibility index (Phi) is 12.2. The molecule has 0 atom stereocenters. The van der Waals surface area contributed by atoms with Crippen LogP contribution in [0.15, 0.2) is 4.99 Å². The molecule has 0 saturated carbocycles. The van der Waals surface area contributed by atoms with Crippen molar-refractivity contribution in [2.75, 3.05) is 13.2 Å². The molecule has 0 saturated heterocycles. The van der Waals surface area contributed by atoms with Crippen LogP contribution in [0.25, 0.3) is 0 Å². The van der Waals surface area contributed by atoms with E-state index in [9.17, 15) is 4.79 Å². The molecular formula is C10H22IN3O2. The van der Waals surface area contributed by atoms with Crippen molar-refractivity contribution in [2.24, 2.45) is 10.7 Å². The van der Waals surface area contributed by atoms with Gasteiger partial charge in [-0.25, -0.2) is 0 Å². The fourth-order valence-electron chi connectivity index (χ4n) is 0.997. The van der Waals surface area contributed by atoms with Crippen molar-refractivity contribution in [3.63, 3.8) is 0 Å². The number of carbonyl (C=O) groups is 1. The summed E-state index contributed by atoms with van der Waals surface area (Å²) < 4.78 is 4.78. The van der Waals surface area contributed by atoms with Gasteiger partial charge in [-0.15, -0.1) is 24.0 Å². The Bertz CT molecular complexity index is 220. The highest BCUT2D eigenvalue weighted by molar-refractivity contribution is 14.0. The van der Waals surface area contributed by atoms with Crippen LogP contribution < -0.4 is 11.1 Å². The van der Waals surface area contributed by atoms with Crippen molar-refractivity contribution >= 4 is 35.9 Å². The van der Waals surface area contributed by atoms with Crippen LogP contribution in [0.4, 0.5) is 0 Å². The van der Waals surface area contributed by atoms with E-state index in [1.54, 1.807) is 6.92 Å². The lowest BCUT2D eigenvalue weighted by molar-refractivity contribution is -0.143. The lowest BCUT2D eigenvalue weighted by Crippen LogP contribution is -2.36. The van der Waals surface area contributed by atoms with Gasteiger partial charge in [0.15, 0.2) is 5.96 Å². The molecule has 0 spiro atoms. The molecule has 0 heterocycles. The summed E-state index contributed by atoms with van der Waals surface area (Å²) in [5.74, 6) is 0.247. The van der Waals surface area contributed by atoms with Gasteiger partial charge in [0.1, 0.15) is 0 Å². The predicted octanol–water partition coefficient (Wildman–Crippen LogP) is 1.26. The van der Waals surface area contributed by atoms with Gasteiger partial charge in [0.25, 0.3) is 0 Å². The number of hydrogen-bond acceptors (Lipinski definition) is 3. The lowest BCUT2D eigenvalue weighted by Gasteiger charge is -2.08. The molecule has 0 rings (SSSR count). The SMILES string of the molecule is CCOC(=O)CCCN=C(N)NC(C)C.I. The summed E-state index contributed by atoms with van der Waals surface area (Å²) in [7, 11) is 0. The van der Waals surface area contributed by atoms with E-state index in [0.717, 1.165) is 0 Å². The van der Waals surface area contributed by atoms with Crippen LogP contribution in [0.1, 0.15) is 33.6 Å². The number of guanidine groups is 1. The third kappa shape index (κ3) is 11.5. The molecule has 0 bridgehead atoms. The Hall–Kier alpha value is -0.530. The minimum Gasteiger partial charge on any atom is -0.466 e. The van der Waals surface area contributed by atoms with Gasteiger partial charge in [-0.3, -0.25) is 9.79 Å². The highest BCUT2D eigenvalue weighted by atomic mass is 127. The third-order valence-electron chi connectivity index (χ3n) is 1.56. The van der Waals surface area contributed by atoms with Crippen LogP contribution in [0.5, 0.6) is 0 Å². The molecule has 0 aliphatic carbocycles. The van der Waals surface area contributed by atoms with Crippen LogP contribution in [0.3, 0.4) is 0 Å². The minimum absolute atomic E-state index is 0. The van der Waals surface area contributed by atoms with E-state index < -0.39 is 0 Å². The van der Waals surface area contributed by atoms with E-state index in [0.29, 0.717) is 32.0 Å².